The lowest BCUT2D eigenvalue weighted by Crippen LogP contribution is -2.44. The molecule has 4 rings (SSSR count). The maximum atomic E-state index is 13.1. The number of rotatable bonds is 3. The van der Waals surface area contributed by atoms with Crippen LogP contribution in [0.2, 0.25) is 0 Å². The van der Waals surface area contributed by atoms with Crippen molar-refractivity contribution in [2.24, 2.45) is 0 Å². The third-order valence-electron chi connectivity index (χ3n) is 4.80. The van der Waals surface area contributed by atoms with E-state index in [-0.39, 0.29) is 0 Å². The fraction of sp³-hybridized carbons (Fsp3) is 0.263. The van der Waals surface area contributed by atoms with Gasteiger partial charge in [0.05, 0.1) is 16.1 Å². The molecule has 6 heteroatoms. The van der Waals surface area contributed by atoms with Crippen molar-refractivity contribution in [3.63, 3.8) is 0 Å². The summed E-state index contributed by atoms with van der Waals surface area (Å²) in [4.78, 5) is 4.87. The number of para-hydroxylation sites is 1. The first-order valence-electron chi connectivity index (χ1n) is 8.41. The molecule has 1 aromatic heterocycles. The smallest absolute Gasteiger partial charge is 0.268 e. The average molecular weight is 355 g/mol. The molecule has 0 bridgehead atoms. The summed E-state index contributed by atoms with van der Waals surface area (Å²) in [7, 11) is -1.50. The molecule has 0 amide bonds. The molecule has 0 N–H and O–H groups in total. The summed E-state index contributed by atoms with van der Waals surface area (Å²) in [5.41, 5.74) is 1.74. The van der Waals surface area contributed by atoms with Crippen molar-refractivity contribution < 1.29 is 8.42 Å². The number of nitrogens with zero attached hydrogens (tertiary/aromatic N) is 3. The topological polar surface area (TPSA) is 45.5 Å². The number of anilines is 1. The molecular formula is C19H21N3O2S. The van der Waals surface area contributed by atoms with E-state index in [2.05, 4.69) is 16.8 Å². The van der Waals surface area contributed by atoms with Crippen LogP contribution >= 0.6 is 0 Å². The number of piperazine rings is 1. The number of hydrogen-bond donors (Lipinski definition) is 0. The van der Waals surface area contributed by atoms with E-state index >= 15 is 0 Å². The number of benzene rings is 2. The van der Waals surface area contributed by atoms with Crippen LogP contribution in [0.25, 0.3) is 10.9 Å². The van der Waals surface area contributed by atoms with Crippen molar-refractivity contribution in [3.8, 4) is 0 Å². The molecule has 25 heavy (non-hydrogen) atoms. The molecule has 2 heterocycles. The summed E-state index contributed by atoms with van der Waals surface area (Å²) >= 11 is 0. The first-order valence-corrected chi connectivity index (χ1v) is 9.85. The normalized spacial score (nSPS) is 16.4. The first kappa shape index (κ1) is 16.2. The molecule has 1 aliphatic heterocycles. The summed E-state index contributed by atoms with van der Waals surface area (Å²) < 4.78 is 27.7. The van der Waals surface area contributed by atoms with Crippen LogP contribution in [0, 0.1) is 0 Å². The Balaban J connectivity index is 1.86. The molecule has 0 aliphatic carbocycles. The summed E-state index contributed by atoms with van der Waals surface area (Å²) in [5.74, 6) is 0. The molecule has 0 unspecified atom stereocenters. The Morgan fingerprint density at radius 3 is 2.28 bits per heavy atom. The highest BCUT2D eigenvalue weighted by Crippen LogP contribution is 2.31. The van der Waals surface area contributed by atoms with Crippen molar-refractivity contribution in [3.05, 3.63) is 60.8 Å². The van der Waals surface area contributed by atoms with Crippen LogP contribution in [-0.2, 0) is 10.0 Å². The molecule has 0 spiro atoms. The SMILES string of the molecule is CN1CCN(c2cccc3ccn(S(=O)(=O)c4ccccc4)c23)CC1. The molecule has 0 atom stereocenters. The van der Waals surface area contributed by atoms with E-state index in [4.69, 9.17) is 0 Å². The number of fused-ring (bicyclic) bond motifs is 1. The Hall–Kier alpha value is -2.31. The van der Waals surface area contributed by atoms with Crippen LogP contribution in [0.1, 0.15) is 0 Å². The fourth-order valence-corrected chi connectivity index (χ4v) is 4.74. The molecule has 3 aromatic rings. The van der Waals surface area contributed by atoms with Gasteiger partial charge in [0, 0.05) is 37.8 Å². The molecule has 2 aromatic carbocycles. The van der Waals surface area contributed by atoms with E-state index in [1.165, 1.54) is 3.97 Å². The lowest BCUT2D eigenvalue weighted by atomic mass is 10.2. The fourth-order valence-electron chi connectivity index (χ4n) is 3.35. The van der Waals surface area contributed by atoms with E-state index in [1.807, 2.05) is 30.3 Å². The number of likely N-dealkylation sites (N-methyl/N-ethyl adjacent to an activating group) is 1. The zero-order valence-corrected chi connectivity index (χ0v) is 15.0. The van der Waals surface area contributed by atoms with E-state index in [9.17, 15) is 8.42 Å². The summed E-state index contributed by atoms with van der Waals surface area (Å²) in [5, 5.41) is 0.941. The van der Waals surface area contributed by atoms with Crippen molar-refractivity contribution in [2.45, 2.75) is 4.90 Å². The van der Waals surface area contributed by atoms with Crippen LogP contribution in [0.3, 0.4) is 0 Å². The Labute approximate surface area is 148 Å². The number of hydrogen-bond acceptors (Lipinski definition) is 4. The predicted molar refractivity (Wildman–Crippen MR) is 101 cm³/mol. The van der Waals surface area contributed by atoms with Gasteiger partial charge in [-0.3, -0.25) is 0 Å². The molecule has 0 radical (unpaired) electrons. The highest BCUT2D eigenvalue weighted by molar-refractivity contribution is 7.90. The number of aromatic nitrogens is 1. The Bertz CT molecular complexity index is 988. The van der Waals surface area contributed by atoms with Gasteiger partial charge in [0.15, 0.2) is 0 Å². The van der Waals surface area contributed by atoms with Gasteiger partial charge in [0.2, 0.25) is 0 Å². The third-order valence-corrected chi connectivity index (χ3v) is 6.49. The Morgan fingerprint density at radius 1 is 0.840 bits per heavy atom. The summed E-state index contributed by atoms with van der Waals surface area (Å²) in [6.07, 6.45) is 1.66. The van der Waals surface area contributed by atoms with Gasteiger partial charge in [-0.25, -0.2) is 12.4 Å². The highest BCUT2D eigenvalue weighted by Gasteiger charge is 2.23. The van der Waals surface area contributed by atoms with Gasteiger partial charge < -0.3 is 9.80 Å². The van der Waals surface area contributed by atoms with Crippen molar-refractivity contribution in [1.29, 1.82) is 0 Å². The van der Waals surface area contributed by atoms with E-state index in [1.54, 1.807) is 30.5 Å². The standard InChI is InChI=1S/C19H21N3O2S/c1-20-12-14-21(15-13-20)18-9-5-6-16-10-11-22(19(16)18)25(23,24)17-7-3-2-4-8-17/h2-11H,12-15H2,1H3. The molecule has 1 aliphatic rings. The lowest BCUT2D eigenvalue weighted by Gasteiger charge is -2.34. The van der Waals surface area contributed by atoms with Crippen LogP contribution in [-0.4, -0.2) is 50.5 Å². The lowest BCUT2D eigenvalue weighted by molar-refractivity contribution is 0.313. The third kappa shape index (κ3) is 2.81. The second-order valence-corrected chi connectivity index (χ2v) is 8.25. The zero-order chi connectivity index (χ0) is 17.4. The maximum absolute atomic E-state index is 13.1. The summed E-state index contributed by atoms with van der Waals surface area (Å²) in [6.45, 7) is 3.74. The van der Waals surface area contributed by atoms with Gasteiger partial charge in [-0.15, -0.1) is 0 Å². The van der Waals surface area contributed by atoms with Crippen molar-refractivity contribution >= 4 is 26.6 Å². The zero-order valence-electron chi connectivity index (χ0n) is 14.2. The van der Waals surface area contributed by atoms with Crippen LogP contribution in [0.15, 0.2) is 65.7 Å². The molecule has 130 valence electrons. The van der Waals surface area contributed by atoms with Gasteiger partial charge in [0.25, 0.3) is 10.0 Å². The minimum absolute atomic E-state index is 0.306. The second kappa shape index (κ2) is 6.20. The van der Waals surface area contributed by atoms with Crippen molar-refractivity contribution in [1.82, 2.24) is 8.87 Å². The largest absolute Gasteiger partial charge is 0.367 e. The second-order valence-electron chi connectivity index (χ2n) is 6.43. The molecular weight excluding hydrogens is 334 g/mol. The minimum Gasteiger partial charge on any atom is -0.367 e. The van der Waals surface area contributed by atoms with E-state index < -0.39 is 10.0 Å². The average Bonchev–Trinajstić information content (AvgIpc) is 3.08. The quantitative estimate of drug-likeness (QED) is 0.725. The molecule has 5 nitrogen and oxygen atoms in total. The summed E-state index contributed by atoms with van der Waals surface area (Å²) in [6, 6.07) is 16.4. The highest BCUT2D eigenvalue weighted by atomic mass is 32.2. The van der Waals surface area contributed by atoms with Crippen LogP contribution in [0.4, 0.5) is 5.69 Å². The van der Waals surface area contributed by atoms with Gasteiger partial charge in [-0.2, -0.15) is 0 Å². The molecule has 1 saturated heterocycles. The van der Waals surface area contributed by atoms with E-state index in [0.29, 0.717) is 4.90 Å². The maximum Gasteiger partial charge on any atom is 0.268 e. The molecule has 1 fully saturated rings. The van der Waals surface area contributed by atoms with Gasteiger partial charge in [-0.05, 0) is 31.3 Å². The van der Waals surface area contributed by atoms with E-state index in [0.717, 1.165) is 42.8 Å². The van der Waals surface area contributed by atoms with Crippen LogP contribution < -0.4 is 4.90 Å². The van der Waals surface area contributed by atoms with Crippen molar-refractivity contribution in [2.75, 3.05) is 38.1 Å². The monoisotopic (exact) mass is 355 g/mol. The van der Waals surface area contributed by atoms with Gasteiger partial charge in [0.1, 0.15) is 0 Å². The first-order chi connectivity index (χ1) is 12.1. The Kier molecular flexibility index (Phi) is 4.01. The predicted octanol–water partition coefficient (Wildman–Crippen LogP) is 2.63. The van der Waals surface area contributed by atoms with Gasteiger partial charge >= 0.3 is 0 Å². The minimum atomic E-state index is -3.61. The molecule has 0 saturated carbocycles. The van der Waals surface area contributed by atoms with Crippen LogP contribution in [0.5, 0.6) is 0 Å². The Morgan fingerprint density at radius 2 is 1.56 bits per heavy atom. The van der Waals surface area contributed by atoms with Gasteiger partial charge in [-0.1, -0.05) is 30.3 Å².